The first-order valence-corrected chi connectivity index (χ1v) is 11.9. The fraction of sp³-hybridized carbons (Fsp3) is 0.273. The van der Waals surface area contributed by atoms with E-state index < -0.39 is 10.0 Å². The molecule has 1 atom stereocenters. The highest BCUT2D eigenvalue weighted by molar-refractivity contribution is 7.90. The van der Waals surface area contributed by atoms with Crippen molar-refractivity contribution in [2.45, 2.75) is 24.3 Å². The minimum atomic E-state index is -3.67. The molecule has 10 heteroatoms. The van der Waals surface area contributed by atoms with Crippen LogP contribution in [0.2, 0.25) is 0 Å². The molecule has 1 amide bonds. The first kappa shape index (κ1) is 20.4. The molecule has 2 aromatic carbocycles. The summed E-state index contributed by atoms with van der Waals surface area (Å²) in [6.45, 7) is 1.54. The average Bonchev–Trinajstić information content (AvgIpc) is 3.45. The monoisotopic (exact) mass is 450 g/mol. The van der Waals surface area contributed by atoms with E-state index in [4.69, 9.17) is 0 Å². The maximum atomic E-state index is 12.8. The number of rotatable bonds is 4. The lowest BCUT2D eigenvalue weighted by atomic mass is 9.96. The number of amidine groups is 1. The third-order valence-corrected chi connectivity index (χ3v) is 7.12. The van der Waals surface area contributed by atoms with Gasteiger partial charge in [0, 0.05) is 25.2 Å². The molecule has 2 aliphatic rings. The van der Waals surface area contributed by atoms with Crippen molar-refractivity contribution in [1.82, 2.24) is 25.0 Å². The molecular weight excluding hydrogens is 428 g/mol. The Balaban J connectivity index is 1.23. The van der Waals surface area contributed by atoms with Gasteiger partial charge in [-0.15, -0.1) is 4.40 Å². The molecule has 3 aromatic rings. The van der Waals surface area contributed by atoms with E-state index in [0.29, 0.717) is 31.0 Å². The van der Waals surface area contributed by atoms with Crippen LogP contribution < -0.4 is 5.32 Å². The van der Waals surface area contributed by atoms with Gasteiger partial charge in [-0.3, -0.25) is 4.79 Å². The van der Waals surface area contributed by atoms with Gasteiger partial charge in [0.2, 0.25) is 5.91 Å². The fourth-order valence-electron chi connectivity index (χ4n) is 4.14. The van der Waals surface area contributed by atoms with Crippen molar-refractivity contribution in [2.24, 2.45) is 10.3 Å². The maximum absolute atomic E-state index is 12.8. The molecular formula is C22H22N6O3S. The number of fused-ring (bicyclic) bond motifs is 1. The van der Waals surface area contributed by atoms with Gasteiger partial charge >= 0.3 is 0 Å². The average molecular weight is 451 g/mol. The molecule has 0 aliphatic carbocycles. The number of benzene rings is 2. The summed E-state index contributed by atoms with van der Waals surface area (Å²) in [5, 5.41) is 7.11. The number of nitrogens with one attached hydrogen (secondary N) is 1. The van der Waals surface area contributed by atoms with Crippen molar-refractivity contribution >= 4 is 21.8 Å². The molecule has 1 fully saturated rings. The first-order valence-electron chi connectivity index (χ1n) is 10.4. The smallest absolute Gasteiger partial charge is 0.285 e. The standard InChI is InChI=1S/C22H22N6O3S/c29-22(24-12-16-7-9-18(10-8-16)28-15-23-14-25-28)17-4-3-11-27(13-17)21-19-5-1-2-6-20(19)32(30,31)26-21/h1-2,5-10,14-15,17H,3-4,11-13H2,(H,24,29). The number of carbonyl (C=O) groups is 1. The minimum absolute atomic E-state index is 0.0372. The predicted octanol–water partition coefficient (Wildman–Crippen LogP) is 1.74. The van der Waals surface area contributed by atoms with Crippen LogP contribution in [0, 0.1) is 5.92 Å². The highest BCUT2D eigenvalue weighted by Gasteiger charge is 2.35. The van der Waals surface area contributed by atoms with Crippen molar-refractivity contribution in [2.75, 3.05) is 13.1 Å². The Morgan fingerprint density at radius 1 is 1.12 bits per heavy atom. The molecule has 1 unspecified atom stereocenters. The lowest BCUT2D eigenvalue weighted by molar-refractivity contribution is -0.126. The van der Waals surface area contributed by atoms with Gasteiger partial charge in [-0.05, 0) is 42.7 Å². The summed E-state index contributed by atoms with van der Waals surface area (Å²) >= 11 is 0. The Morgan fingerprint density at radius 2 is 1.94 bits per heavy atom. The number of nitrogens with zero attached hydrogens (tertiary/aromatic N) is 5. The first-order chi connectivity index (χ1) is 15.5. The second-order valence-electron chi connectivity index (χ2n) is 7.90. The van der Waals surface area contributed by atoms with Crippen molar-refractivity contribution in [3.05, 3.63) is 72.3 Å². The summed E-state index contributed by atoms with van der Waals surface area (Å²) in [6, 6.07) is 14.6. The number of hydrogen-bond donors (Lipinski definition) is 1. The zero-order chi connectivity index (χ0) is 22.1. The van der Waals surface area contributed by atoms with Crippen LogP contribution in [0.1, 0.15) is 24.0 Å². The van der Waals surface area contributed by atoms with E-state index in [9.17, 15) is 13.2 Å². The van der Waals surface area contributed by atoms with E-state index in [0.717, 1.165) is 24.1 Å². The van der Waals surface area contributed by atoms with Crippen LogP contribution in [-0.4, -0.2) is 52.9 Å². The molecule has 2 aliphatic heterocycles. The highest BCUT2D eigenvalue weighted by Crippen LogP contribution is 2.29. The van der Waals surface area contributed by atoms with E-state index in [1.54, 1.807) is 35.3 Å². The molecule has 1 aromatic heterocycles. The summed E-state index contributed by atoms with van der Waals surface area (Å²) in [7, 11) is -3.67. The van der Waals surface area contributed by atoms with Gasteiger partial charge in [-0.1, -0.05) is 24.3 Å². The number of aromatic nitrogens is 3. The van der Waals surface area contributed by atoms with Gasteiger partial charge in [0.15, 0.2) is 5.84 Å². The summed E-state index contributed by atoms with van der Waals surface area (Å²) in [6.07, 6.45) is 4.66. The lowest BCUT2D eigenvalue weighted by Crippen LogP contribution is -2.45. The van der Waals surface area contributed by atoms with Crippen LogP contribution in [0.3, 0.4) is 0 Å². The summed E-state index contributed by atoms with van der Waals surface area (Å²) < 4.78 is 30.4. The van der Waals surface area contributed by atoms with E-state index in [2.05, 4.69) is 19.8 Å². The van der Waals surface area contributed by atoms with Crippen molar-refractivity contribution in [3.63, 3.8) is 0 Å². The third-order valence-electron chi connectivity index (χ3n) is 5.79. The van der Waals surface area contributed by atoms with Gasteiger partial charge in [0.1, 0.15) is 17.6 Å². The largest absolute Gasteiger partial charge is 0.355 e. The van der Waals surface area contributed by atoms with Crippen molar-refractivity contribution in [3.8, 4) is 5.69 Å². The van der Waals surface area contributed by atoms with Gasteiger partial charge < -0.3 is 10.2 Å². The molecule has 5 rings (SSSR count). The molecule has 32 heavy (non-hydrogen) atoms. The molecule has 3 heterocycles. The lowest BCUT2D eigenvalue weighted by Gasteiger charge is -2.33. The number of sulfonamides is 1. The van der Waals surface area contributed by atoms with Crippen molar-refractivity contribution < 1.29 is 13.2 Å². The molecule has 164 valence electrons. The Morgan fingerprint density at radius 3 is 2.72 bits per heavy atom. The Kier molecular flexibility index (Phi) is 5.22. The van der Waals surface area contributed by atoms with Crippen LogP contribution in [0.5, 0.6) is 0 Å². The number of hydrogen-bond acceptors (Lipinski definition) is 6. The van der Waals surface area contributed by atoms with Gasteiger partial charge in [-0.25, -0.2) is 9.67 Å². The number of carbonyl (C=O) groups excluding carboxylic acids is 1. The second-order valence-corrected chi connectivity index (χ2v) is 9.47. The normalized spacial score (nSPS) is 19.3. The van der Waals surface area contributed by atoms with Gasteiger partial charge in [0.25, 0.3) is 10.0 Å². The molecule has 1 saturated heterocycles. The molecule has 9 nitrogen and oxygen atoms in total. The predicted molar refractivity (Wildman–Crippen MR) is 118 cm³/mol. The molecule has 0 spiro atoms. The molecule has 1 N–H and O–H groups in total. The Labute approximate surface area is 185 Å². The van der Waals surface area contributed by atoms with E-state index in [1.165, 1.54) is 6.33 Å². The Bertz CT molecular complexity index is 1270. The summed E-state index contributed by atoms with van der Waals surface area (Å²) in [5.74, 6) is 0.183. The fourth-order valence-corrected chi connectivity index (χ4v) is 5.37. The van der Waals surface area contributed by atoms with Crippen LogP contribution in [-0.2, 0) is 21.4 Å². The SMILES string of the molecule is O=C(NCc1ccc(-n2cncn2)cc1)C1CCCN(C2=NS(=O)(=O)c3ccccc32)C1. The number of piperidine rings is 1. The number of likely N-dealkylation sites (tertiary alicyclic amines) is 1. The quantitative estimate of drug-likeness (QED) is 0.649. The van der Waals surface area contributed by atoms with Crippen LogP contribution in [0.4, 0.5) is 0 Å². The van der Waals surface area contributed by atoms with E-state index in [-0.39, 0.29) is 16.7 Å². The second kappa shape index (κ2) is 8.19. The van der Waals surface area contributed by atoms with E-state index in [1.807, 2.05) is 29.2 Å². The number of amides is 1. The van der Waals surface area contributed by atoms with E-state index >= 15 is 0 Å². The zero-order valence-corrected chi connectivity index (χ0v) is 18.1. The van der Waals surface area contributed by atoms with Crippen LogP contribution >= 0.6 is 0 Å². The van der Waals surface area contributed by atoms with Crippen LogP contribution in [0.25, 0.3) is 5.69 Å². The maximum Gasteiger partial charge on any atom is 0.285 e. The third kappa shape index (κ3) is 3.89. The van der Waals surface area contributed by atoms with Gasteiger partial charge in [-0.2, -0.15) is 13.5 Å². The molecule has 0 radical (unpaired) electrons. The topological polar surface area (TPSA) is 110 Å². The molecule has 0 bridgehead atoms. The van der Waals surface area contributed by atoms with Gasteiger partial charge in [0.05, 0.1) is 11.6 Å². The summed E-state index contributed by atoms with van der Waals surface area (Å²) in [5.41, 5.74) is 2.49. The minimum Gasteiger partial charge on any atom is -0.355 e. The Hall–Kier alpha value is -3.53. The summed E-state index contributed by atoms with van der Waals surface area (Å²) in [4.78, 5) is 18.9. The zero-order valence-electron chi connectivity index (χ0n) is 17.3. The molecule has 0 saturated carbocycles. The van der Waals surface area contributed by atoms with Crippen molar-refractivity contribution in [1.29, 1.82) is 0 Å². The highest BCUT2D eigenvalue weighted by atomic mass is 32.2. The van der Waals surface area contributed by atoms with Crippen LogP contribution in [0.15, 0.2) is 70.5 Å².